The van der Waals surface area contributed by atoms with Gasteiger partial charge in [0.2, 0.25) is 6.79 Å². The molecule has 2 aromatic rings. The molecule has 2 amide bonds. The van der Waals surface area contributed by atoms with E-state index in [1.165, 1.54) is 0 Å². The zero-order chi connectivity index (χ0) is 20.2. The van der Waals surface area contributed by atoms with Gasteiger partial charge in [0.25, 0.3) is 11.8 Å². The van der Waals surface area contributed by atoms with Crippen molar-refractivity contribution in [3.05, 3.63) is 64.3 Å². The van der Waals surface area contributed by atoms with Crippen LogP contribution in [-0.2, 0) is 9.53 Å². The first kappa shape index (κ1) is 19.3. The summed E-state index contributed by atoms with van der Waals surface area (Å²) in [5, 5.41) is 3.03. The second-order valence-electron chi connectivity index (χ2n) is 6.51. The summed E-state index contributed by atoms with van der Waals surface area (Å²) < 4.78 is 16.0. The van der Waals surface area contributed by atoms with Crippen molar-refractivity contribution >= 4 is 29.5 Å². The number of ether oxygens (including phenoxy) is 3. The van der Waals surface area contributed by atoms with E-state index in [2.05, 4.69) is 5.32 Å². The van der Waals surface area contributed by atoms with Crippen molar-refractivity contribution in [1.82, 2.24) is 10.2 Å². The molecule has 150 valence electrons. The first-order valence-electron chi connectivity index (χ1n) is 9.16. The van der Waals surface area contributed by atoms with Crippen LogP contribution in [0.3, 0.4) is 0 Å². The van der Waals surface area contributed by atoms with E-state index in [1.54, 1.807) is 53.4 Å². The molecule has 1 fully saturated rings. The number of nitrogens with one attached hydrogen (secondary N) is 1. The van der Waals surface area contributed by atoms with E-state index in [4.69, 9.17) is 25.8 Å². The standard InChI is InChI=1S/C21H19ClN2O5/c22-16-4-2-1-3-15(16)20(25)23-17(21(26)24-7-9-27-10-8-24)11-14-5-6-18-19(12-14)29-13-28-18/h1-6,11-12H,7-10,13H2,(H,23,25)/b17-11-. The highest BCUT2D eigenvalue weighted by Gasteiger charge is 2.23. The number of amides is 2. The Labute approximate surface area is 172 Å². The smallest absolute Gasteiger partial charge is 0.270 e. The number of carbonyl (C=O) groups is 2. The topological polar surface area (TPSA) is 77.1 Å². The van der Waals surface area contributed by atoms with Crippen LogP contribution in [0.5, 0.6) is 11.5 Å². The van der Waals surface area contributed by atoms with E-state index < -0.39 is 5.91 Å². The number of hydrogen-bond donors (Lipinski definition) is 1. The molecule has 0 aromatic heterocycles. The van der Waals surface area contributed by atoms with Crippen molar-refractivity contribution in [2.24, 2.45) is 0 Å². The fourth-order valence-electron chi connectivity index (χ4n) is 3.09. The Kier molecular flexibility index (Phi) is 5.69. The molecule has 2 heterocycles. The number of rotatable bonds is 4. The molecular formula is C21H19ClN2O5. The van der Waals surface area contributed by atoms with E-state index in [9.17, 15) is 9.59 Å². The molecule has 8 heteroatoms. The Bertz CT molecular complexity index is 969. The molecule has 29 heavy (non-hydrogen) atoms. The number of nitrogens with zero attached hydrogens (tertiary/aromatic N) is 1. The zero-order valence-corrected chi connectivity index (χ0v) is 16.3. The predicted octanol–water partition coefficient (Wildman–Crippen LogP) is 2.70. The average Bonchev–Trinajstić information content (AvgIpc) is 3.21. The van der Waals surface area contributed by atoms with Gasteiger partial charge in [-0.3, -0.25) is 9.59 Å². The molecule has 0 spiro atoms. The van der Waals surface area contributed by atoms with Gasteiger partial charge < -0.3 is 24.4 Å². The fraction of sp³-hybridized carbons (Fsp3) is 0.238. The Balaban J connectivity index is 1.64. The lowest BCUT2D eigenvalue weighted by Gasteiger charge is -2.28. The maximum Gasteiger partial charge on any atom is 0.270 e. The van der Waals surface area contributed by atoms with E-state index in [0.29, 0.717) is 54.0 Å². The molecule has 0 unspecified atom stereocenters. The predicted molar refractivity (Wildman–Crippen MR) is 107 cm³/mol. The molecule has 0 radical (unpaired) electrons. The van der Waals surface area contributed by atoms with Crippen molar-refractivity contribution < 1.29 is 23.8 Å². The summed E-state index contributed by atoms with van der Waals surface area (Å²) in [5.41, 5.74) is 1.14. The largest absolute Gasteiger partial charge is 0.454 e. The highest BCUT2D eigenvalue weighted by atomic mass is 35.5. The summed E-state index contributed by atoms with van der Waals surface area (Å²) in [4.78, 5) is 27.5. The van der Waals surface area contributed by atoms with E-state index in [1.807, 2.05) is 0 Å². The maximum atomic E-state index is 13.1. The molecule has 0 bridgehead atoms. The Morgan fingerprint density at radius 3 is 2.59 bits per heavy atom. The number of hydrogen-bond acceptors (Lipinski definition) is 5. The van der Waals surface area contributed by atoms with Crippen LogP contribution in [0, 0.1) is 0 Å². The quantitative estimate of drug-likeness (QED) is 0.778. The summed E-state index contributed by atoms with van der Waals surface area (Å²) in [6.45, 7) is 1.99. The van der Waals surface area contributed by atoms with Crippen LogP contribution < -0.4 is 14.8 Å². The summed E-state index contributed by atoms with van der Waals surface area (Å²) in [7, 11) is 0. The molecule has 2 aromatic carbocycles. The van der Waals surface area contributed by atoms with Crippen LogP contribution in [0.25, 0.3) is 6.08 Å². The molecule has 0 saturated carbocycles. The van der Waals surface area contributed by atoms with Gasteiger partial charge in [-0.15, -0.1) is 0 Å². The number of carbonyl (C=O) groups excluding carboxylic acids is 2. The minimum absolute atomic E-state index is 0.149. The summed E-state index contributed by atoms with van der Waals surface area (Å²) in [6, 6.07) is 12.0. The third-order valence-corrected chi connectivity index (χ3v) is 4.93. The minimum Gasteiger partial charge on any atom is -0.454 e. The van der Waals surface area contributed by atoms with Crippen molar-refractivity contribution in [3.8, 4) is 11.5 Å². The van der Waals surface area contributed by atoms with Gasteiger partial charge in [0, 0.05) is 13.1 Å². The summed E-state index contributed by atoms with van der Waals surface area (Å²) in [6.07, 6.45) is 1.62. The Hall–Kier alpha value is -3.03. The van der Waals surface area contributed by atoms with Crippen LogP contribution >= 0.6 is 11.6 Å². The normalized spacial score (nSPS) is 15.9. The second-order valence-corrected chi connectivity index (χ2v) is 6.92. The van der Waals surface area contributed by atoms with Crippen molar-refractivity contribution in [3.63, 3.8) is 0 Å². The molecule has 2 aliphatic heterocycles. The molecule has 0 aliphatic carbocycles. The third kappa shape index (κ3) is 4.36. The summed E-state index contributed by atoms with van der Waals surface area (Å²) >= 11 is 6.13. The van der Waals surface area contributed by atoms with Gasteiger partial charge in [-0.05, 0) is 35.9 Å². The van der Waals surface area contributed by atoms with E-state index in [-0.39, 0.29) is 18.4 Å². The lowest BCUT2D eigenvalue weighted by molar-refractivity contribution is -0.131. The van der Waals surface area contributed by atoms with Crippen LogP contribution in [0.1, 0.15) is 15.9 Å². The molecule has 1 saturated heterocycles. The average molecular weight is 415 g/mol. The van der Waals surface area contributed by atoms with Crippen molar-refractivity contribution in [1.29, 1.82) is 0 Å². The number of benzene rings is 2. The van der Waals surface area contributed by atoms with Gasteiger partial charge in [-0.1, -0.05) is 29.8 Å². The van der Waals surface area contributed by atoms with E-state index in [0.717, 1.165) is 0 Å². The van der Waals surface area contributed by atoms with E-state index >= 15 is 0 Å². The number of halogens is 1. The minimum atomic E-state index is -0.454. The monoisotopic (exact) mass is 414 g/mol. The fourth-order valence-corrected chi connectivity index (χ4v) is 3.31. The number of fused-ring (bicyclic) bond motifs is 1. The van der Waals surface area contributed by atoms with Crippen molar-refractivity contribution in [2.75, 3.05) is 33.1 Å². The van der Waals surface area contributed by atoms with Gasteiger partial charge in [0.1, 0.15) is 5.70 Å². The van der Waals surface area contributed by atoms with Crippen LogP contribution in [-0.4, -0.2) is 49.8 Å². The second kappa shape index (κ2) is 8.55. The molecular weight excluding hydrogens is 396 g/mol. The molecule has 7 nitrogen and oxygen atoms in total. The third-order valence-electron chi connectivity index (χ3n) is 4.60. The van der Waals surface area contributed by atoms with Crippen LogP contribution in [0.2, 0.25) is 5.02 Å². The van der Waals surface area contributed by atoms with Gasteiger partial charge in [-0.2, -0.15) is 0 Å². The molecule has 0 atom stereocenters. The zero-order valence-electron chi connectivity index (χ0n) is 15.5. The van der Waals surface area contributed by atoms with Crippen LogP contribution in [0.15, 0.2) is 48.2 Å². The molecule has 2 aliphatic rings. The molecule has 1 N–H and O–H groups in total. The highest BCUT2D eigenvalue weighted by molar-refractivity contribution is 6.34. The van der Waals surface area contributed by atoms with Gasteiger partial charge in [0.05, 0.1) is 23.8 Å². The SMILES string of the molecule is O=C(N/C(=C\c1ccc2c(c1)OCO2)C(=O)N1CCOCC1)c1ccccc1Cl. The first-order chi connectivity index (χ1) is 14.1. The molecule has 4 rings (SSSR count). The van der Waals surface area contributed by atoms with Crippen molar-refractivity contribution in [2.45, 2.75) is 0 Å². The maximum absolute atomic E-state index is 13.1. The first-order valence-corrected chi connectivity index (χ1v) is 9.54. The van der Waals surface area contributed by atoms with Gasteiger partial charge in [0.15, 0.2) is 11.5 Å². The van der Waals surface area contributed by atoms with Gasteiger partial charge in [-0.25, -0.2) is 0 Å². The van der Waals surface area contributed by atoms with Crippen LogP contribution in [0.4, 0.5) is 0 Å². The Morgan fingerprint density at radius 2 is 1.79 bits per heavy atom. The van der Waals surface area contributed by atoms with Gasteiger partial charge >= 0.3 is 0 Å². The lowest BCUT2D eigenvalue weighted by atomic mass is 10.1. The lowest BCUT2D eigenvalue weighted by Crippen LogP contribution is -2.44. The highest BCUT2D eigenvalue weighted by Crippen LogP contribution is 2.33. The Morgan fingerprint density at radius 1 is 1.03 bits per heavy atom. The summed E-state index contributed by atoms with van der Waals surface area (Å²) in [5.74, 6) is 0.494. The number of morpholine rings is 1.